The first-order chi connectivity index (χ1) is 26.5. The van der Waals surface area contributed by atoms with Gasteiger partial charge in [-0.2, -0.15) is 21.6 Å². The number of anilines is 1. The highest BCUT2D eigenvalue weighted by Crippen LogP contribution is 2.53. The highest BCUT2D eigenvalue weighted by molar-refractivity contribution is 7.90. The van der Waals surface area contributed by atoms with Crippen LogP contribution < -0.4 is 9.64 Å². The van der Waals surface area contributed by atoms with Crippen molar-refractivity contribution in [3.8, 4) is 5.75 Å². The van der Waals surface area contributed by atoms with Gasteiger partial charge >= 0.3 is 6.18 Å². The Labute approximate surface area is 329 Å². The van der Waals surface area contributed by atoms with Crippen LogP contribution >= 0.6 is 0 Å². The van der Waals surface area contributed by atoms with Gasteiger partial charge < -0.3 is 9.64 Å². The number of hydrogen-bond donors (Lipinski definition) is 0. The van der Waals surface area contributed by atoms with Crippen LogP contribution in [0.2, 0.25) is 0 Å². The van der Waals surface area contributed by atoms with Gasteiger partial charge in [-0.25, -0.2) is 31.6 Å². The Kier molecular flexibility index (Phi) is 12.3. The van der Waals surface area contributed by atoms with Crippen molar-refractivity contribution >= 4 is 25.9 Å². The molecule has 2 aromatic heterocycles. The molecule has 10 nitrogen and oxygen atoms in total. The van der Waals surface area contributed by atoms with Gasteiger partial charge in [0.1, 0.15) is 15.9 Å². The third kappa shape index (κ3) is 10.8. The number of rotatable bonds is 12. The number of aromatic nitrogens is 3. The van der Waals surface area contributed by atoms with Crippen molar-refractivity contribution in [3.05, 3.63) is 75.9 Å². The molecular weight excluding hydrogens is 799 g/mol. The fraction of sp³-hybridized carbons (Fsp3) is 0.615. The predicted octanol–water partition coefficient (Wildman–Crippen LogP) is 8.43. The number of alkyl halides is 6. The standard InChI is InChI=1S/C39H48F6N4O6S2/c1-37(2)20-29-32(30(21-37)55-57(4,52)53)31(24-10-14-38(41,42)15-11-24)33(34(40)25-6-8-27(9-7-25)39(43,44)45)35(48-29)26-12-16-49(17-13-26)36-46-22-28(23-47-36)54-18-5-19-56(3,50)51/h6-9,22-24,26,30,34H,5,10-21H2,1-4H3/t30-,34-/m0/s1. The molecular formula is C39H48F6N4O6S2. The van der Waals surface area contributed by atoms with Crippen LogP contribution in [0.15, 0.2) is 36.7 Å². The lowest BCUT2D eigenvalue weighted by Gasteiger charge is -2.42. The van der Waals surface area contributed by atoms with Crippen molar-refractivity contribution in [1.29, 1.82) is 0 Å². The summed E-state index contributed by atoms with van der Waals surface area (Å²) in [6.07, 6.45) is -1.87. The van der Waals surface area contributed by atoms with E-state index < -0.39 is 74.1 Å². The Morgan fingerprint density at radius 2 is 1.53 bits per heavy atom. The molecule has 6 rings (SSSR count). The van der Waals surface area contributed by atoms with Crippen LogP contribution in [0.1, 0.15) is 129 Å². The van der Waals surface area contributed by atoms with Gasteiger partial charge in [0, 0.05) is 54.9 Å². The largest absolute Gasteiger partial charge is 0.490 e. The molecule has 57 heavy (non-hydrogen) atoms. The summed E-state index contributed by atoms with van der Waals surface area (Å²) in [6.45, 7) is 4.89. The van der Waals surface area contributed by atoms with E-state index in [1.807, 2.05) is 18.7 Å². The van der Waals surface area contributed by atoms with Gasteiger partial charge in [-0.05, 0) is 79.5 Å². The van der Waals surface area contributed by atoms with Crippen molar-refractivity contribution in [1.82, 2.24) is 15.0 Å². The number of sulfone groups is 1. The minimum atomic E-state index is -4.66. The number of nitrogens with zero attached hydrogens (tertiary/aromatic N) is 4. The van der Waals surface area contributed by atoms with E-state index in [0.29, 0.717) is 73.0 Å². The molecule has 2 aliphatic carbocycles. The van der Waals surface area contributed by atoms with Gasteiger partial charge in [0.2, 0.25) is 11.9 Å². The summed E-state index contributed by atoms with van der Waals surface area (Å²) in [5, 5.41) is 0. The fourth-order valence-corrected chi connectivity index (χ4v) is 9.61. The highest BCUT2D eigenvalue weighted by Gasteiger charge is 2.45. The van der Waals surface area contributed by atoms with E-state index in [0.717, 1.165) is 36.8 Å². The number of hydrogen-bond acceptors (Lipinski definition) is 10. The molecule has 0 spiro atoms. The van der Waals surface area contributed by atoms with Crippen molar-refractivity contribution in [2.75, 3.05) is 42.9 Å². The summed E-state index contributed by atoms with van der Waals surface area (Å²) in [5.41, 5.74) is 0.172. The van der Waals surface area contributed by atoms with Gasteiger partial charge in [-0.3, -0.25) is 9.17 Å². The number of piperidine rings is 1. The summed E-state index contributed by atoms with van der Waals surface area (Å²) < 4.78 is 147. The van der Waals surface area contributed by atoms with E-state index in [2.05, 4.69) is 9.97 Å². The lowest BCUT2D eigenvalue weighted by atomic mass is 9.68. The van der Waals surface area contributed by atoms with Crippen LogP contribution in [0.4, 0.5) is 32.3 Å². The number of benzene rings is 1. The van der Waals surface area contributed by atoms with Crippen molar-refractivity contribution < 1.29 is 52.1 Å². The van der Waals surface area contributed by atoms with Gasteiger partial charge in [0.05, 0.1) is 42.3 Å². The molecule has 314 valence electrons. The van der Waals surface area contributed by atoms with Gasteiger partial charge in [0.15, 0.2) is 11.9 Å². The second kappa shape index (κ2) is 16.3. The number of fused-ring (bicyclic) bond motifs is 1. The maximum atomic E-state index is 17.5. The molecule has 1 aliphatic heterocycles. The highest BCUT2D eigenvalue weighted by atomic mass is 32.2. The number of ether oxygens (including phenoxy) is 1. The van der Waals surface area contributed by atoms with E-state index in [1.54, 1.807) is 0 Å². The maximum absolute atomic E-state index is 17.5. The number of halogens is 6. The molecule has 3 aromatic rings. The van der Waals surface area contributed by atoms with Crippen LogP contribution in [-0.2, 0) is 36.7 Å². The monoisotopic (exact) mass is 846 g/mol. The third-order valence-corrected chi connectivity index (χ3v) is 12.6. The van der Waals surface area contributed by atoms with Crippen LogP contribution in [0.25, 0.3) is 0 Å². The van der Waals surface area contributed by atoms with Crippen LogP contribution in [0.3, 0.4) is 0 Å². The van der Waals surface area contributed by atoms with Crippen molar-refractivity contribution in [2.45, 2.75) is 108 Å². The van der Waals surface area contributed by atoms with Crippen molar-refractivity contribution in [2.24, 2.45) is 5.41 Å². The Bertz CT molecular complexity index is 2120. The maximum Gasteiger partial charge on any atom is 0.416 e. The zero-order valence-corrected chi connectivity index (χ0v) is 33.9. The normalized spacial score (nSPS) is 21.2. The molecule has 1 saturated heterocycles. The second-order valence-electron chi connectivity index (χ2n) is 16.4. The summed E-state index contributed by atoms with van der Waals surface area (Å²) in [5.74, 6) is -3.14. The fourth-order valence-electron chi connectivity index (χ4n) is 8.39. The van der Waals surface area contributed by atoms with E-state index in [4.69, 9.17) is 13.9 Å². The summed E-state index contributed by atoms with van der Waals surface area (Å²) in [7, 11) is -7.18. The van der Waals surface area contributed by atoms with Crippen LogP contribution in [0.5, 0.6) is 5.75 Å². The SMILES string of the molecule is CC1(C)Cc2nc(C3CCN(c4ncc(OCCCS(C)(=O)=O)cn4)CC3)c([C@@H](F)c3ccc(C(F)(F)F)cc3)c(C3CCC(F)(F)CC3)c2[C@@H](OS(C)(=O)=O)C1. The van der Waals surface area contributed by atoms with E-state index >= 15 is 4.39 Å². The van der Waals surface area contributed by atoms with Gasteiger partial charge in [-0.1, -0.05) is 26.0 Å². The molecule has 1 aromatic carbocycles. The molecule has 1 saturated carbocycles. The van der Waals surface area contributed by atoms with Crippen molar-refractivity contribution in [3.63, 3.8) is 0 Å². The Morgan fingerprint density at radius 3 is 2.09 bits per heavy atom. The molecule has 0 bridgehead atoms. The molecule has 3 aliphatic rings. The van der Waals surface area contributed by atoms with Gasteiger partial charge in [0.25, 0.3) is 10.1 Å². The second-order valence-corrected chi connectivity index (χ2v) is 20.3. The topological polar surface area (TPSA) is 129 Å². The molecule has 0 radical (unpaired) electrons. The molecule has 0 N–H and O–H groups in total. The molecule has 0 amide bonds. The lowest BCUT2D eigenvalue weighted by Crippen LogP contribution is -2.36. The lowest BCUT2D eigenvalue weighted by molar-refractivity contribution is -0.137. The summed E-state index contributed by atoms with van der Waals surface area (Å²) >= 11 is 0. The Morgan fingerprint density at radius 1 is 0.912 bits per heavy atom. The summed E-state index contributed by atoms with van der Waals surface area (Å²) in [4.78, 5) is 15.9. The minimum Gasteiger partial charge on any atom is -0.490 e. The third-order valence-electron chi connectivity index (χ3n) is 11.0. The van der Waals surface area contributed by atoms with E-state index in [9.17, 15) is 38.8 Å². The zero-order valence-electron chi connectivity index (χ0n) is 32.3. The molecule has 18 heteroatoms. The molecule has 3 heterocycles. The molecule has 2 atom stereocenters. The predicted molar refractivity (Wildman–Crippen MR) is 202 cm³/mol. The summed E-state index contributed by atoms with van der Waals surface area (Å²) in [6, 6.07) is 3.75. The van der Waals surface area contributed by atoms with Crippen LogP contribution in [0, 0.1) is 5.41 Å². The van der Waals surface area contributed by atoms with Crippen LogP contribution in [-0.4, -0.2) is 75.7 Å². The average Bonchev–Trinajstić information content (AvgIpc) is 3.11. The smallest absolute Gasteiger partial charge is 0.416 e. The van der Waals surface area contributed by atoms with Gasteiger partial charge in [-0.15, -0.1) is 0 Å². The first-order valence-electron chi connectivity index (χ1n) is 19.0. The number of pyridine rings is 1. The van der Waals surface area contributed by atoms with E-state index in [1.165, 1.54) is 12.4 Å². The average molecular weight is 847 g/mol. The molecule has 0 unspecified atom stereocenters. The zero-order chi connectivity index (χ0) is 41.6. The quantitative estimate of drug-likeness (QED) is 0.0996. The van der Waals surface area contributed by atoms with E-state index in [-0.39, 0.29) is 48.7 Å². The first kappa shape index (κ1) is 43.1. The Balaban J connectivity index is 1.40. The molecule has 2 fully saturated rings. The Hall–Kier alpha value is -3.51. The first-order valence-corrected chi connectivity index (χ1v) is 22.9. The minimum absolute atomic E-state index is 0.0139.